The highest BCUT2D eigenvalue weighted by atomic mass is 19.1. The average Bonchev–Trinajstić information content (AvgIpc) is 2.01. The van der Waals surface area contributed by atoms with Crippen molar-refractivity contribution in [1.82, 2.24) is 9.80 Å². The van der Waals surface area contributed by atoms with Crippen LogP contribution in [0.5, 0.6) is 0 Å². The first-order valence-electron chi connectivity index (χ1n) is 4.79. The zero-order valence-corrected chi connectivity index (χ0v) is 8.96. The van der Waals surface area contributed by atoms with E-state index < -0.39 is 11.7 Å². The maximum Gasteiger partial charge on any atom is 0.282 e. The molecule has 1 aliphatic heterocycles. The molecule has 0 radical (unpaired) electrons. The minimum atomic E-state index is -0.867. The van der Waals surface area contributed by atoms with Gasteiger partial charge in [0.05, 0.1) is 0 Å². The van der Waals surface area contributed by atoms with Crippen LogP contribution in [0.3, 0.4) is 0 Å². The van der Waals surface area contributed by atoms with Crippen LogP contribution in [0.25, 0.3) is 0 Å². The number of hydrogen-bond acceptors (Lipinski definition) is 2. The summed E-state index contributed by atoms with van der Waals surface area (Å²) in [6.07, 6.45) is 0. The Balaban J connectivity index is 2.76. The van der Waals surface area contributed by atoms with E-state index in [1.807, 2.05) is 20.9 Å². The van der Waals surface area contributed by atoms with E-state index >= 15 is 0 Å². The molecule has 1 fully saturated rings. The van der Waals surface area contributed by atoms with E-state index in [0.717, 1.165) is 13.1 Å². The Labute approximate surface area is 84.2 Å². The minimum Gasteiger partial charge on any atom is -0.329 e. The van der Waals surface area contributed by atoms with Crippen LogP contribution in [-0.4, -0.2) is 47.9 Å². The second-order valence-electron chi connectivity index (χ2n) is 4.04. The molecule has 0 aromatic carbocycles. The molecule has 4 heteroatoms. The van der Waals surface area contributed by atoms with Crippen molar-refractivity contribution in [2.24, 2.45) is 0 Å². The Hall–Kier alpha value is -0.900. The lowest BCUT2D eigenvalue weighted by molar-refractivity contribution is -0.135. The summed E-state index contributed by atoms with van der Waals surface area (Å²) < 4.78 is 12.7. The number of piperazine rings is 1. The van der Waals surface area contributed by atoms with Crippen molar-refractivity contribution in [1.29, 1.82) is 0 Å². The standard InChI is InChI=1S/C10H17FN2O/c1-7-5-12(4)6-8(2)13(7)10(14)9(3)11/h7-8H,3,5-6H2,1-2,4H3/t7-,8+. The van der Waals surface area contributed by atoms with Gasteiger partial charge in [0, 0.05) is 25.2 Å². The van der Waals surface area contributed by atoms with Crippen molar-refractivity contribution in [2.75, 3.05) is 20.1 Å². The summed E-state index contributed by atoms with van der Waals surface area (Å²) in [6.45, 7) is 8.46. The van der Waals surface area contributed by atoms with Crippen LogP contribution in [-0.2, 0) is 4.79 Å². The van der Waals surface area contributed by atoms with E-state index in [9.17, 15) is 9.18 Å². The Kier molecular flexibility index (Phi) is 3.26. The van der Waals surface area contributed by atoms with Gasteiger partial charge in [-0.1, -0.05) is 6.58 Å². The third kappa shape index (κ3) is 2.12. The lowest BCUT2D eigenvalue weighted by Crippen LogP contribution is -2.57. The first-order chi connectivity index (χ1) is 6.43. The number of rotatable bonds is 1. The fraction of sp³-hybridized carbons (Fsp3) is 0.700. The summed E-state index contributed by atoms with van der Waals surface area (Å²) in [6, 6.07) is 0.0903. The molecule has 3 nitrogen and oxygen atoms in total. The van der Waals surface area contributed by atoms with E-state index in [0.29, 0.717) is 0 Å². The van der Waals surface area contributed by atoms with E-state index in [1.54, 1.807) is 4.90 Å². The Morgan fingerprint density at radius 2 is 1.79 bits per heavy atom. The topological polar surface area (TPSA) is 23.6 Å². The predicted molar refractivity (Wildman–Crippen MR) is 53.5 cm³/mol. The molecule has 0 aromatic heterocycles. The van der Waals surface area contributed by atoms with Crippen molar-refractivity contribution >= 4 is 5.91 Å². The highest BCUT2D eigenvalue weighted by Crippen LogP contribution is 2.17. The maximum absolute atomic E-state index is 12.7. The molecule has 1 amide bonds. The molecule has 0 unspecified atom stereocenters. The zero-order chi connectivity index (χ0) is 10.9. The van der Waals surface area contributed by atoms with Gasteiger partial charge in [0.1, 0.15) is 0 Å². The number of halogens is 1. The molecule has 0 saturated carbocycles. The van der Waals surface area contributed by atoms with Gasteiger partial charge in [-0.05, 0) is 20.9 Å². The fourth-order valence-electron chi connectivity index (χ4n) is 2.13. The summed E-state index contributed by atoms with van der Waals surface area (Å²) in [7, 11) is 2.00. The lowest BCUT2D eigenvalue weighted by Gasteiger charge is -2.42. The van der Waals surface area contributed by atoms with Crippen LogP contribution in [0.1, 0.15) is 13.8 Å². The number of amides is 1. The van der Waals surface area contributed by atoms with Gasteiger partial charge in [0.25, 0.3) is 5.91 Å². The number of carbonyl (C=O) groups is 1. The molecule has 0 spiro atoms. The van der Waals surface area contributed by atoms with Gasteiger partial charge in [-0.25, -0.2) is 4.39 Å². The fourth-order valence-corrected chi connectivity index (χ4v) is 2.13. The van der Waals surface area contributed by atoms with Crippen LogP contribution in [0.4, 0.5) is 4.39 Å². The van der Waals surface area contributed by atoms with Crippen LogP contribution < -0.4 is 0 Å². The summed E-state index contributed by atoms with van der Waals surface area (Å²) >= 11 is 0. The van der Waals surface area contributed by atoms with Crippen molar-refractivity contribution in [3.63, 3.8) is 0 Å². The first kappa shape index (κ1) is 11.2. The average molecular weight is 200 g/mol. The normalized spacial score (nSPS) is 29.0. The van der Waals surface area contributed by atoms with Crippen LogP contribution in [0.15, 0.2) is 12.4 Å². The Bertz CT molecular complexity index is 243. The summed E-state index contributed by atoms with van der Waals surface area (Å²) in [5.41, 5.74) is 0. The largest absolute Gasteiger partial charge is 0.329 e. The first-order valence-corrected chi connectivity index (χ1v) is 4.79. The molecule has 80 valence electrons. The quantitative estimate of drug-likeness (QED) is 0.590. The number of nitrogens with zero attached hydrogens (tertiary/aromatic N) is 2. The lowest BCUT2D eigenvalue weighted by atomic mass is 10.1. The predicted octanol–water partition coefficient (Wildman–Crippen LogP) is 1.02. The highest BCUT2D eigenvalue weighted by molar-refractivity contribution is 5.91. The second kappa shape index (κ2) is 4.09. The van der Waals surface area contributed by atoms with Gasteiger partial charge in [-0.3, -0.25) is 4.79 Å². The van der Waals surface area contributed by atoms with Crippen molar-refractivity contribution in [3.8, 4) is 0 Å². The maximum atomic E-state index is 12.7. The summed E-state index contributed by atoms with van der Waals surface area (Å²) in [5, 5.41) is 0. The summed E-state index contributed by atoms with van der Waals surface area (Å²) in [4.78, 5) is 15.2. The third-order valence-electron chi connectivity index (χ3n) is 2.57. The number of hydrogen-bond donors (Lipinski definition) is 0. The molecule has 0 aromatic rings. The third-order valence-corrected chi connectivity index (χ3v) is 2.57. The van der Waals surface area contributed by atoms with E-state index in [1.165, 1.54) is 0 Å². The smallest absolute Gasteiger partial charge is 0.282 e. The molecule has 0 aliphatic carbocycles. The minimum absolute atomic E-state index is 0.0451. The molecule has 1 rings (SSSR count). The van der Waals surface area contributed by atoms with Gasteiger partial charge < -0.3 is 9.80 Å². The van der Waals surface area contributed by atoms with E-state index in [2.05, 4.69) is 11.5 Å². The van der Waals surface area contributed by atoms with Crippen LogP contribution >= 0.6 is 0 Å². The molecular formula is C10H17FN2O. The summed E-state index contributed by atoms with van der Waals surface area (Å²) in [5.74, 6) is -1.44. The van der Waals surface area contributed by atoms with Crippen molar-refractivity contribution < 1.29 is 9.18 Å². The number of likely N-dealkylation sites (N-methyl/N-ethyl adjacent to an activating group) is 1. The van der Waals surface area contributed by atoms with Gasteiger partial charge in [-0.2, -0.15) is 0 Å². The Morgan fingerprint density at radius 1 is 1.36 bits per heavy atom. The molecular weight excluding hydrogens is 183 g/mol. The van der Waals surface area contributed by atoms with Gasteiger partial charge >= 0.3 is 0 Å². The van der Waals surface area contributed by atoms with Crippen molar-refractivity contribution in [2.45, 2.75) is 25.9 Å². The molecule has 0 N–H and O–H groups in total. The SMILES string of the molecule is C=C(F)C(=O)N1[C@H](C)CN(C)C[C@@H]1C. The molecule has 14 heavy (non-hydrogen) atoms. The monoisotopic (exact) mass is 200 g/mol. The molecule has 1 heterocycles. The van der Waals surface area contributed by atoms with Gasteiger partial charge in [0.2, 0.25) is 0 Å². The molecule has 2 atom stereocenters. The Morgan fingerprint density at radius 3 is 2.14 bits per heavy atom. The van der Waals surface area contributed by atoms with E-state index in [4.69, 9.17) is 0 Å². The second-order valence-corrected chi connectivity index (χ2v) is 4.04. The molecule has 0 bridgehead atoms. The number of carbonyl (C=O) groups excluding carboxylic acids is 1. The zero-order valence-electron chi connectivity index (χ0n) is 8.96. The molecule has 1 aliphatic rings. The van der Waals surface area contributed by atoms with Gasteiger partial charge in [-0.15, -0.1) is 0 Å². The van der Waals surface area contributed by atoms with Crippen LogP contribution in [0.2, 0.25) is 0 Å². The highest BCUT2D eigenvalue weighted by Gasteiger charge is 2.32. The van der Waals surface area contributed by atoms with Gasteiger partial charge in [0.15, 0.2) is 5.83 Å². The van der Waals surface area contributed by atoms with E-state index in [-0.39, 0.29) is 12.1 Å². The van der Waals surface area contributed by atoms with Crippen molar-refractivity contribution in [3.05, 3.63) is 12.4 Å². The van der Waals surface area contributed by atoms with Crippen LogP contribution in [0, 0.1) is 0 Å². The molecule has 1 saturated heterocycles.